The van der Waals surface area contributed by atoms with Crippen LogP contribution in [0, 0.1) is 12.8 Å². The average molecular weight is 291 g/mol. The lowest BCUT2D eigenvalue weighted by Gasteiger charge is -2.33. The summed E-state index contributed by atoms with van der Waals surface area (Å²) in [6, 6.07) is 2.10. The Morgan fingerprint density at radius 2 is 2.10 bits per heavy atom. The minimum atomic E-state index is -0.101. The molecule has 2 rings (SSSR count). The van der Waals surface area contributed by atoms with Crippen molar-refractivity contribution >= 4 is 11.8 Å². The van der Waals surface area contributed by atoms with E-state index in [-0.39, 0.29) is 5.97 Å². The van der Waals surface area contributed by atoms with Crippen LogP contribution in [0.3, 0.4) is 0 Å². The van der Waals surface area contributed by atoms with Gasteiger partial charge in [-0.2, -0.15) is 0 Å². The van der Waals surface area contributed by atoms with Crippen LogP contribution in [0.15, 0.2) is 6.07 Å². The molecule has 1 aromatic rings. The van der Waals surface area contributed by atoms with Crippen molar-refractivity contribution in [3.05, 3.63) is 17.6 Å². The lowest BCUT2D eigenvalue weighted by atomic mass is 9.92. The van der Waals surface area contributed by atoms with Gasteiger partial charge in [0.1, 0.15) is 11.6 Å². The molecule has 0 atom stereocenters. The summed E-state index contributed by atoms with van der Waals surface area (Å²) in [5.74, 6) is 2.41. The van der Waals surface area contributed by atoms with Crippen LogP contribution in [0.1, 0.15) is 44.1 Å². The maximum Gasteiger partial charge on any atom is 0.305 e. The molecule has 1 saturated heterocycles. The van der Waals surface area contributed by atoms with Gasteiger partial charge in [0.25, 0.3) is 0 Å². The third-order valence-corrected chi connectivity index (χ3v) is 4.16. The van der Waals surface area contributed by atoms with Crippen molar-refractivity contribution in [2.75, 3.05) is 25.1 Å². The molecule has 1 aliphatic rings. The number of nitrogens with zero attached hydrogens (tertiary/aromatic N) is 3. The quantitative estimate of drug-likeness (QED) is 0.780. The zero-order valence-corrected chi connectivity index (χ0v) is 13.3. The van der Waals surface area contributed by atoms with Gasteiger partial charge in [0.05, 0.1) is 7.11 Å². The molecule has 0 amide bonds. The van der Waals surface area contributed by atoms with Gasteiger partial charge in [0.15, 0.2) is 0 Å². The van der Waals surface area contributed by atoms with E-state index in [1.54, 1.807) is 0 Å². The van der Waals surface area contributed by atoms with Crippen molar-refractivity contribution in [1.82, 2.24) is 9.97 Å². The number of hydrogen-bond acceptors (Lipinski definition) is 5. The predicted octanol–water partition coefficient (Wildman–Crippen LogP) is 2.52. The topological polar surface area (TPSA) is 55.3 Å². The van der Waals surface area contributed by atoms with Crippen molar-refractivity contribution in [1.29, 1.82) is 0 Å². The predicted molar refractivity (Wildman–Crippen MR) is 82.3 cm³/mol. The van der Waals surface area contributed by atoms with Gasteiger partial charge in [-0.1, -0.05) is 6.92 Å². The second kappa shape index (κ2) is 7.38. The Morgan fingerprint density at radius 1 is 1.38 bits per heavy atom. The number of hydrogen-bond donors (Lipinski definition) is 0. The molecule has 0 radical (unpaired) electrons. The van der Waals surface area contributed by atoms with E-state index >= 15 is 0 Å². The third kappa shape index (κ3) is 4.41. The van der Waals surface area contributed by atoms with Crippen LogP contribution in [0.4, 0.5) is 5.82 Å². The molecule has 1 fully saturated rings. The standard InChI is InChI=1S/C16H25N3O2/c1-4-14-11-15(18-12(2)17-14)19-9-7-13(8-10-19)5-6-16(20)21-3/h11,13H,4-10H2,1-3H3. The smallest absolute Gasteiger partial charge is 0.305 e. The Hall–Kier alpha value is -1.65. The number of anilines is 1. The number of aryl methyl sites for hydroxylation is 2. The van der Waals surface area contributed by atoms with Crippen LogP contribution >= 0.6 is 0 Å². The van der Waals surface area contributed by atoms with Gasteiger partial charge >= 0.3 is 5.97 Å². The third-order valence-electron chi connectivity index (χ3n) is 4.16. The fourth-order valence-electron chi connectivity index (χ4n) is 2.83. The highest BCUT2D eigenvalue weighted by atomic mass is 16.5. The molecule has 0 saturated carbocycles. The molecule has 1 aromatic heterocycles. The first-order valence-electron chi connectivity index (χ1n) is 7.78. The first kappa shape index (κ1) is 15.7. The van der Waals surface area contributed by atoms with Gasteiger partial charge in [-0.15, -0.1) is 0 Å². The zero-order valence-electron chi connectivity index (χ0n) is 13.3. The van der Waals surface area contributed by atoms with Gasteiger partial charge in [-0.05, 0) is 38.5 Å². The number of methoxy groups -OCH3 is 1. The van der Waals surface area contributed by atoms with Gasteiger partial charge < -0.3 is 9.64 Å². The molecule has 0 N–H and O–H groups in total. The number of piperidine rings is 1. The van der Waals surface area contributed by atoms with Gasteiger partial charge in [0.2, 0.25) is 0 Å². The minimum absolute atomic E-state index is 0.101. The Labute approximate surface area is 126 Å². The second-order valence-electron chi connectivity index (χ2n) is 5.66. The normalized spacial score (nSPS) is 16.0. The van der Waals surface area contributed by atoms with Gasteiger partial charge in [-0.3, -0.25) is 4.79 Å². The van der Waals surface area contributed by atoms with Crippen LogP contribution in [-0.4, -0.2) is 36.1 Å². The fourth-order valence-corrected chi connectivity index (χ4v) is 2.83. The maximum atomic E-state index is 11.2. The SMILES string of the molecule is CCc1cc(N2CCC(CCC(=O)OC)CC2)nc(C)n1. The summed E-state index contributed by atoms with van der Waals surface area (Å²) in [4.78, 5) is 22.5. The molecular formula is C16H25N3O2. The summed E-state index contributed by atoms with van der Waals surface area (Å²) < 4.78 is 4.70. The Balaban J connectivity index is 1.89. The molecule has 0 bridgehead atoms. The zero-order chi connectivity index (χ0) is 15.2. The molecule has 5 heteroatoms. The van der Waals surface area contributed by atoms with E-state index in [9.17, 15) is 4.79 Å². The number of carbonyl (C=O) groups excluding carboxylic acids is 1. The highest BCUT2D eigenvalue weighted by Gasteiger charge is 2.21. The molecule has 116 valence electrons. The fraction of sp³-hybridized carbons (Fsp3) is 0.688. The van der Waals surface area contributed by atoms with Crippen molar-refractivity contribution in [2.45, 2.75) is 46.0 Å². The summed E-state index contributed by atoms with van der Waals surface area (Å²) in [5, 5.41) is 0. The minimum Gasteiger partial charge on any atom is -0.469 e. The van der Waals surface area contributed by atoms with Crippen molar-refractivity contribution in [3.8, 4) is 0 Å². The van der Waals surface area contributed by atoms with Crippen LogP contribution in [0.5, 0.6) is 0 Å². The van der Waals surface area contributed by atoms with Crippen molar-refractivity contribution < 1.29 is 9.53 Å². The van der Waals surface area contributed by atoms with E-state index in [1.807, 2.05) is 6.92 Å². The summed E-state index contributed by atoms with van der Waals surface area (Å²) in [5.41, 5.74) is 1.10. The lowest BCUT2D eigenvalue weighted by Crippen LogP contribution is -2.34. The highest BCUT2D eigenvalue weighted by molar-refractivity contribution is 5.69. The van der Waals surface area contributed by atoms with E-state index in [4.69, 9.17) is 4.74 Å². The van der Waals surface area contributed by atoms with E-state index in [0.29, 0.717) is 12.3 Å². The summed E-state index contributed by atoms with van der Waals surface area (Å²) >= 11 is 0. The molecule has 2 heterocycles. The van der Waals surface area contributed by atoms with E-state index in [0.717, 1.165) is 56.1 Å². The largest absolute Gasteiger partial charge is 0.469 e. The van der Waals surface area contributed by atoms with Crippen molar-refractivity contribution in [3.63, 3.8) is 0 Å². The molecule has 0 aliphatic carbocycles. The first-order valence-corrected chi connectivity index (χ1v) is 7.78. The monoisotopic (exact) mass is 291 g/mol. The summed E-state index contributed by atoms with van der Waals surface area (Å²) in [6.45, 7) is 6.08. The molecule has 0 aromatic carbocycles. The maximum absolute atomic E-state index is 11.2. The molecule has 1 aliphatic heterocycles. The highest BCUT2D eigenvalue weighted by Crippen LogP contribution is 2.25. The number of carbonyl (C=O) groups is 1. The number of aromatic nitrogens is 2. The van der Waals surface area contributed by atoms with Crippen LogP contribution < -0.4 is 4.90 Å². The molecule has 21 heavy (non-hydrogen) atoms. The molecule has 0 unspecified atom stereocenters. The number of rotatable bonds is 5. The summed E-state index contributed by atoms with van der Waals surface area (Å²) in [7, 11) is 1.45. The lowest BCUT2D eigenvalue weighted by molar-refractivity contribution is -0.141. The van der Waals surface area contributed by atoms with Gasteiger partial charge in [0, 0.05) is 31.3 Å². The van der Waals surface area contributed by atoms with E-state index < -0.39 is 0 Å². The summed E-state index contributed by atoms with van der Waals surface area (Å²) in [6.07, 6.45) is 4.63. The molecular weight excluding hydrogens is 266 g/mol. The van der Waals surface area contributed by atoms with Crippen LogP contribution in [0.2, 0.25) is 0 Å². The van der Waals surface area contributed by atoms with Crippen LogP contribution in [-0.2, 0) is 16.0 Å². The Morgan fingerprint density at radius 3 is 2.71 bits per heavy atom. The average Bonchev–Trinajstić information content (AvgIpc) is 2.52. The van der Waals surface area contributed by atoms with E-state index in [2.05, 4.69) is 27.9 Å². The first-order chi connectivity index (χ1) is 10.1. The molecule has 5 nitrogen and oxygen atoms in total. The Bertz CT molecular complexity index is 482. The number of esters is 1. The second-order valence-corrected chi connectivity index (χ2v) is 5.66. The number of ether oxygens (including phenoxy) is 1. The van der Waals surface area contributed by atoms with Crippen LogP contribution in [0.25, 0.3) is 0 Å². The molecule has 0 spiro atoms. The van der Waals surface area contributed by atoms with Gasteiger partial charge in [-0.25, -0.2) is 9.97 Å². The van der Waals surface area contributed by atoms with E-state index in [1.165, 1.54) is 7.11 Å². The Kier molecular flexibility index (Phi) is 5.53. The van der Waals surface area contributed by atoms with Crippen molar-refractivity contribution in [2.24, 2.45) is 5.92 Å².